The van der Waals surface area contributed by atoms with Crippen LogP contribution in [0.3, 0.4) is 0 Å². The number of aliphatic carboxylic acids is 1. The Hall–Kier alpha value is -2.50. The van der Waals surface area contributed by atoms with Crippen molar-refractivity contribution in [1.29, 1.82) is 0 Å². The van der Waals surface area contributed by atoms with Gasteiger partial charge in [0.05, 0.1) is 5.69 Å². The highest BCUT2D eigenvalue weighted by Crippen LogP contribution is 2.33. The Balaban J connectivity index is 0.000000461. The molecule has 1 unspecified atom stereocenters. The van der Waals surface area contributed by atoms with E-state index in [0.717, 1.165) is 56.9 Å². The van der Waals surface area contributed by atoms with Gasteiger partial charge in [0, 0.05) is 13.1 Å². The maximum Gasteiger partial charge on any atom is 0.321 e. The van der Waals surface area contributed by atoms with Gasteiger partial charge in [-0.1, -0.05) is 73.7 Å². The van der Waals surface area contributed by atoms with E-state index in [1.54, 1.807) is 0 Å². The van der Waals surface area contributed by atoms with Gasteiger partial charge in [-0.3, -0.25) is 14.7 Å². The average Bonchev–Trinajstić information content (AvgIpc) is 3.43. The highest BCUT2D eigenvalue weighted by Gasteiger charge is 2.38. The van der Waals surface area contributed by atoms with E-state index in [4.69, 9.17) is 0 Å². The van der Waals surface area contributed by atoms with E-state index < -0.39 is 5.97 Å². The van der Waals surface area contributed by atoms with Gasteiger partial charge in [0.1, 0.15) is 6.04 Å². The number of hydrogen-bond acceptors (Lipinski definition) is 4. The van der Waals surface area contributed by atoms with E-state index in [1.165, 1.54) is 69.2 Å². The lowest BCUT2D eigenvalue weighted by molar-refractivity contribution is -0.145. The monoisotopic (exact) mass is 545 g/mol. The topological polar surface area (TPSA) is 56.1 Å². The van der Waals surface area contributed by atoms with Gasteiger partial charge in [-0.15, -0.1) is 0 Å². The lowest BCUT2D eigenvalue weighted by Gasteiger charge is -2.35. The summed E-state index contributed by atoms with van der Waals surface area (Å²) in [4.78, 5) is 21.0. The van der Waals surface area contributed by atoms with Gasteiger partial charge >= 0.3 is 5.97 Å². The number of likely N-dealkylation sites (tertiary alicyclic amines) is 2. The van der Waals surface area contributed by atoms with Crippen molar-refractivity contribution in [2.45, 2.75) is 83.6 Å². The molecule has 3 aliphatic rings. The summed E-state index contributed by atoms with van der Waals surface area (Å²) in [7, 11) is 0. The summed E-state index contributed by atoms with van der Waals surface area (Å²) in [5, 5.41) is 9.93. The first-order valence-corrected chi connectivity index (χ1v) is 15.8. The van der Waals surface area contributed by atoms with Crippen LogP contribution in [0.1, 0.15) is 75.3 Å². The number of carbonyl (C=O) groups is 1. The molecule has 0 bridgehead atoms. The zero-order valence-corrected chi connectivity index (χ0v) is 24.7. The Morgan fingerprint density at radius 3 is 2.20 bits per heavy atom. The van der Waals surface area contributed by atoms with Gasteiger partial charge in [-0.05, 0) is 114 Å². The van der Waals surface area contributed by atoms with E-state index >= 15 is 0 Å². The number of aliphatic imine (C=N–C) groups is 1. The Labute approximate surface area is 242 Å². The number of piperidine rings is 1. The predicted octanol–water partition coefficient (Wildman–Crippen LogP) is 7.40. The second-order valence-corrected chi connectivity index (χ2v) is 12.4. The van der Waals surface area contributed by atoms with Gasteiger partial charge in [0.25, 0.3) is 0 Å². The second kappa shape index (κ2) is 16.1. The third kappa shape index (κ3) is 9.55. The molecule has 0 radical (unpaired) electrons. The number of aryl methyl sites for hydroxylation is 2. The summed E-state index contributed by atoms with van der Waals surface area (Å²) in [6.07, 6.45) is 13.4. The molecule has 2 aromatic rings. The Morgan fingerprint density at radius 2 is 1.60 bits per heavy atom. The summed E-state index contributed by atoms with van der Waals surface area (Å²) in [5.74, 6) is 1.28. The lowest BCUT2D eigenvalue weighted by Crippen LogP contribution is -2.46. The molecule has 1 aliphatic carbocycles. The van der Waals surface area contributed by atoms with Crippen LogP contribution in [0.4, 0.5) is 5.69 Å². The minimum atomic E-state index is -0.586. The van der Waals surface area contributed by atoms with Crippen molar-refractivity contribution in [1.82, 2.24) is 9.80 Å². The quantitative estimate of drug-likeness (QED) is 0.316. The molecule has 2 aromatic carbocycles. The Bertz CT molecular complexity index is 1010. The molecule has 2 heterocycles. The smallest absolute Gasteiger partial charge is 0.321 e. The molecule has 218 valence electrons. The highest BCUT2D eigenvalue weighted by molar-refractivity contribution is 5.74. The number of hydrogen-bond donors (Lipinski definition) is 1. The second-order valence-electron chi connectivity index (χ2n) is 12.4. The first-order valence-electron chi connectivity index (χ1n) is 15.8. The Kier molecular flexibility index (Phi) is 12.2. The maximum absolute atomic E-state index is 12.1. The minimum Gasteiger partial charge on any atom is -0.480 e. The molecule has 1 N–H and O–H groups in total. The number of benzene rings is 2. The molecule has 3 fully saturated rings. The fraction of sp³-hybridized carbons (Fsp3) is 0.600. The number of nitrogens with zero attached hydrogens (tertiary/aromatic N) is 3. The van der Waals surface area contributed by atoms with E-state index in [-0.39, 0.29) is 6.04 Å². The molecule has 5 nitrogen and oxygen atoms in total. The highest BCUT2D eigenvalue weighted by atomic mass is 16.4. The van der Waals surface area contributed by atoms with Crippen molar-refractivity contribution >= 4 is 18.4 Å². The summed E-state index contributed by atoms with van der Waals surface area (Å²) >= 11 is 0. The SMILES string of the molecule is C=Nc1ccc(CCCC2CCN(CC3CCN([C@@H](C(=O)O)C4CCCCC4)C3)CC2)cc1.Cc1ccccc1. The van der Waals surface area contributed by atoms with Crippen molar-refractivity contribution in [2.24, 2.45) is 22.7 Å². The fourth-order valence-electron chi connectivity index (χ4n) is 7.09. The van der Waals surface area contributed by atoms with Crippen LogP contribution in [0.15, 0.2) is 59.6 Å². The Morgan fingerprint density at radius 1 is 0.925 bits per heavy atom. The van der Waals surface area contributed by atoms with Crippen LogP contribution >= 0.6 is 0 Å². The predicted molar refractivity (Wildman–Crippen MR) is 167 cm³/mol. The summed E-state index contributed by atoms with van der Waals surface area (Å²) in [6.45, 7) is 11.2. The van der Waals surface area contributed by atoms with Crippen LogP contribution < -0.4 is 0 Å². The van der Waals surface area contributed by atoms with Crippen molar-refractivity contribution in [3.8, 4) is 0 Å². The summed E-state index contributed by atoms with van der Waals surface area (Å²) in [5.41, 5.74) is 3.67. The zero-order chi connectivity index (χ0) is 28.2. The molecular formula is C35H51N3O2. The lowest BCUT2D eigenvalue weighted by atomic mass is 9.83. The van der Waals surface area contributed by atoms with Crippen molar-refractivity contribution < 1.29 is 9.90 Å². The molecule has 0 amide bonds. The molecule has 2 atom stereocenters. The van der Waals surface area contributed by atoms with E-state index in [0.29, 0.717) is 11.8 Å². The van der Waals surface area contributed by atoms with Gasteiger partial charge in [-0.25, -0.2) is 0 Å². The fourth-order valence-corrected chi connectivity index (χ4v) is 7.09. The average molecular weight is 546 g/mol. The van der Waals surface area contributed by atoms with Gasteiger partial charge in [0.15, 0.2) is 0 Å². The van der Waals surface area contributed by atoms with Crippen molar-refractivity contribution in [3.63, 3.8) is 0 Å². The third-order valence-corrected chi connectivity index (χ3v) is 9.42. The van der Waals surface area contributed by atoms with Crippen molar-refractivity contribution in [3.05, 3.63) is 65.7 Å². The molecular weight excluding hydrogens is 494 g/mol. The molecule has 0 aromatic heterocycles. The number of rotatable bonds is 10. The molecule has 40 heavy (non-hydrogen) atoms. The summed E-state index contributed by atoms with van der Waals surface area (Å²) in [6, 6.07) is 18.5. The van der Waals surface area contributed by atoms with Gasteiger partial charge in [-0.2, -0.15) is 0 Å². The van der Waals surface area contributed by atoms with Crippen LogP contribution in [-0.2, 0) is 11.2 Å². The summed E-state index contributed by atoms with van der Waals surface area (Å²) < 4.78 is 0. The van der Waals surface area contributed by atoms with E-state index in [2.05, 4.69) is 64.8 Å². The zero-order valence-electron chi connectivity index (χ0n) is 24.7. The molecule has 1 saturated carbocycles. The molecule has 2 aliphatic heterocycles. The van der Waals surface area contributed by atoms with Gasteiger partial charge in [0.2, 0.25) is 0 Å². The first kappa shape index (κ1) is 30.5. The van der Waals surface area contributed by atoms with Crippen molar-refractivity contribution in [2.75, 3.05) is 32.7 Å². The minimum absolute atomic E-state index is 0.245. The molecule has 2 saturated heterocycles. The van der Waals surface area contributed by atoms with Crippen LogP contribution in [0, 0.1) is 24.7 Å². The van der Waals surface area contributed by atoms with Crippen LogP contribution in [0.25, 0.3) is 0 Å². The van der Waals surface area contributed by atoms with Gasteiger partial charge < -0.3 is 10.0 Å². The maximum atomic E-state index is 12.1. The van der Waals surface area contributed by atoms with E-state index in [9.17, 15) is 9.90 Å². The third-order valence-electron chi connectivity index (χ3n) is 9.42. The normalized spacial score (nSPS) is 21.9. The molecule has 5 rings (SSSR count). The number of carboxylic acid groups (broad SMARTS) is 1. The largest absolute Gasteiger partial charge is 0.480 e. The number of carboxylic acids is 1. The first-order chi connectivity index (χ1) is 19.5. The standard InChI is InChI=1S/C28H43N3O2.C7H8/c1-29-26-12-10-22(11-13-26)6-5-7-23-14-17-30(18-15-23)20-24-16-19-31(21-24)27(28(32)33)25-8-3-2-4-9-25;1-7-5-3-2-4-6-7/h10-13,23-25,27H,1-9,14-21H2,(H,32,33);2-6H,1H3/t24?,27-;/m1./s1. The molecule has 0 spiro atoms. The van der Waals surface area contributed by atoms with Crippen LogP contribution in [0.5, 0.6) is 0 Å². The molecule has 5 heteroatoms. The van der Waals surface area contributed by atoms with E-state index in [1.807, 2.05) is 18.2 Å². The van der Waals surface area contributed by atoms with Crippen LogP contribution in [-0.4, -0.2) is 66.4 Å². The van der Waals surface area contributed by atoms with Crippen LogP contribution in [0.2, 0.25) is 0 Å².